The molecular weight excluding hydrogens is 212 g/mol. The highest BCUT2D eigenvalue weighted by Gasteiger charge is 2.06. The Labute approximate surface area is 108 Å². The molecule has 0 fully saturated rings. The molecule has 0 unspecified atom stereocenters. The summed E-state index contributed by atoms with van der Waals surface area (Å²) in [5.41, 5.74) is 5.48. The van der Waals surface area contributed by atoms with Crippen LogP contribution < -0.4 is 5.73 Å². The lowest BCUT2D eigenvalue weighted by Gasteiger charge is -2.23. The summed E-state index contributed by atoms with van der Waals surface area (Å²) in [7, 11) is 1.78. The van der Waals surface area contributed by atoms with E-state index in [1.807, 2.05) is 0 Å². The van der Waals surface area contributed by atoms with Gasteiger partial charge in [0.1, 0.15) is 0 Å². The number of hydrogen-bond donors (Lipinski definition) is 1. The summed E-state index contributed by atoms with van der Waals surface area (Å²) in [4.78, 5) is 2.52. The second kappa shape index (κ2) is 12.3. The first kappa shape index (κ1) is 16.9. The van der Waals surface area contributed by atoms with E-state index in [9.17, 15) is 0 Å². The molecule has 0 heterocycles. The maximum atomic E-state index is 5.48. The Bertz CT molecular complexity index is 151. The Morgan fingerprint density at radius 3 is 2.24 bits per heavy atom. The van der Waals surface area contributed by atoms with Gasteiger partial charge in [0, 0.05) is 20.2 Å². The van der Waals surface area contributed by atoms with Crippen LogP contribution in [0.4, 0.5) is 0 Å². The minimum absolute atomic E-state index is 0.740. The van der Waals surface area contributed by atoms with E-state index >= 15 is 0 Å². The summed E-state index contributed by atoms with van der Waals surface area (Å²) in [5.74, 6) is 0.740. The van der Waals surface area contributed by atoms with Crippen molar-refractivity contribution >= 4 is 0 Å². The van der Waals surface area contributed by atoms with E-state index in [4.69, 9.17) is 10.5 Å². The zero-order chi connectivity index (χ0) is 12.9. The van der Waals surface area contributed by atoms with Crippen molar-refractivity contribution in [3.8, 4) is 0 Å². The van der Waals surface area contributed by atoms with Gasteiger partial charge in [-0.25, -0.2) is 0 Å². The van der Waals surface area contributed by atoms with Crippen molar-refractivity contribution < 1.29 is 4.74 Å². The van der Waals surface area contributed by atoms with Crippen LogP contribution in [-0.4, -0.2) is 44.8 Å². The molecule has 3 nitrogen and oxygen atoms in total. The lowest BCUT2D eigenvalue weighted by atomic mass is 10.1. The van der Waals surface area contributed by atoms with E-state index in [2.05, 4.69) is 18.7 Å². The molecule has 0 bridgehead atoms. The van der Waals surface area contributed by atoms with E-state index in [1.165, 1.54) is 45.2 Å². The standard InChI is InChI=1S/C14H32N2O/c1-14(2)13-16(11-12-17-3)10-8-6-4-5-7-9-15/h14H,4-13,15H2,1-3H3. The van der Waals surface area contributed by atoms with Crippen LogP contribution in [0.25, 0.3) is 0 Å². The van der Waals surface area contributed by atoms with Crippen molar-refractivity contribution in [3.05, 3.63) is 0 Å². The van der Waals surface area contributed by atoms with Gasteiger partial charge in [0.05, 0.1) is 6.61 Å². The average Bonchev–Trinajstić information content (AvgIpc) is 2.29. The molecule has 0 saturated carbocycles. The largest absolute Gasteiger partial charge is 0.383 e. The van der Waals surface area contributed by atoms with Gasteiger partial charge >= 0.3 is 0 Å². The van der Waals surface area contributed by atoms with E-state index < -0.39 is 0 Å². The van der Waals surface area contributed by atoms with Gasteiger partial charge in [-0.1, -0.05) is 33.1 Å². The lowest BCUT2D eigenvalue weighted by Crippen LogP contribution is -2.32. The topological polar surface area (TPSA) is 38.5 Å². The highest BCUT2D eigenvalue weighted by Crippen LogP contribution is 2.05. The minimum Gasteiger partial charge on any atom is -0.383 e. The minimum atomic E-state index is 0.740. The number of ether oxygens (including phenoxy) is 1. The molecule has 0 aliphatic carbocycles. The number of unbranched alkanes of at least 4 members (excludes halogenated alkanes) is 4. The lowest BCUT2D eigenvalue weighted by molar-refractivity contribution is 0.138. The highest BCUT2D eigenvalue weighted by molar-refractivity contribution is 4.60. The molecule has 17 heavy (non-hydrogen) atoms. The summed E-state index contributed by atoms with van der Waals surface area (Å²) in [6.07, 6.45) is 6.44. The Hall–Kier alpha value is -0.120. The highest BCUT2D eigenvalue weighted by atomic mass is 16.5. The van der Waals surface area contributed by atoms with Crippen LogP contribution in [0.3, 0.4) is 0 Å². The van der Waals surface area contributed by atoms with Gasteiger partial charge in [-0.05, 0) is 31.8 Å². The van der Waals surface area contributed by atoms with E-state index in [-0.39, 0.29) is 0 Å². The molecular formula is C14H32N2O. The predicted molar refractivity (Wildman–Crippen MR) is 75.3 cm³/mol. The molecule has 3 heteroatoms. The predicted octanol–water partition coefficient (Wildman–Crippen LogP) is 2.50. The molecule has 0 atom stereocenters. The van der Waals surface area contributed by atoms with Crippen LogP contribution in [-0.2, 0) is 4.74 Å². The summed E-state index contributed by atoms with van der Waals surface area (Å²) in [6, 6.07) is 0. The first-order valence-electron chi connectivity index (χ1n) is 7.12. The Morgan fingerprint density at radius 1 is 1.00 bits per heavy atom. The van der Waals surface area contributed by atoms with Gasteiger partial charge in [-0.15, -0.1) is 0 Å². The third-order valence-corrected chi connectivity index (χ3v) is 2.91. The number of methoxy groups -OCH3 is 1. The number of rotatable bonds is 12. The zero-order valence-electron chi connectivity index (χ0n) is 12.1. The molecule has 2 N–H and O–H groups in total. The second-order valence-electron chi connectivity index (χ2n) is 5.24. The first-order chi connectivity index (χ1) is 8.20. The molecule has 104 valence electrons. The fraction of sp³-hybridized carbons (Fsp3) is 1.00. The smallest absolute Gasteiger partial charge is 0.0589 e. The van der Waals surface area contributed by atoms with Crippen molar-refractivity contribution in [2.45, 2.75) is 46.0 Å². The van der Waals surface area contributed by atoms with Gasteiger partial charge in [0.15, 0.2) is 0 Å². The zero-order valence-corrected chi connectivity index (χ0v) is 12.1. The molecule has 0 aliphatic rings. The molecule has 0 aromatic carbocycles. The van der Waals surface area contributed by atoms with Gasteiger partial charge in [-0.2, -0.15) is 0 Å². The van der Waals surface area contributed by atoms with Crippen LogP contribution in [0.2, 0.25) is 0 Å². The van der Waals surface area contributed by atoms with Crippen molar-refractivity contribution in [2.24, 2.45) is 11.7 Å². The maximum Gasteiger partial charge on any atom is 0.0589 e. The van der Waals surface area contributed by atoms with E-state index in [0.717, 1.165) is 25.6 Å². The number of nitrogens with zero attached hydrogens (tertiary/aromatic N) is 1. The van der Waals surface area contributed by atoms with Crippen molar-refractivity contribution in [2.75, 3.05) is 39.9 Å². The molecule has 0 rings (SSSR count). The summed E-state index contributed by atoms with van der Waals surface area (Å²) < 4.78 is 5.16. The van der Waals surface area contributed by atoms with Gasteiger partial charge < -0.3 is 15.4 Å². The first-order valence-corrected chi connectivity index (χ1v) is 7.12. The average molecular weight is 244 g/mol. The molecule has 0 radical (unpaired) electrons. The summed E-state index contributed by atoms with van der Waals surface area (Å²) in [6.45, 7) is 9.71. The SMILES string of the molecule is COCCN(CCCCCCCN)CC(C)C. The van der Waals surface area contributed by atoms with Crippen molar-refractivity contribution in [3.63, 3.8) is 0 Å². The van der Waals surface area contributed by atoms with Gasteiger partial charge in [0.25, 0.3) is 0 Å². The quantitative estimate of drug-likeness (QED) is 0.536. The molecule has 0 aliphatic heterocycles. The van der Waals surface area contributed by atoms with E-state index in [1.54, 1.807) is 7.11 Å². The number of nitrogens with two attached hydrogens (primary N) is 1. The Kier molecular flexibility index (Phi) is 12.3. The van der Waals surface area contributed by atoms with Gasteiger partial charge in [0.2, 0.25) is 0 Å². The van der Waals surface area contributed by atoms with E-state index in [0.29, 0.717) is 0 Å². The fourth-order valence-corrected chi connectivity index (χ4v) is 2.04. The molecule has 0 spiro atoms. The van der Waals surface area contributed by atoms with Crippen LogP contribution in [0.1, 0.15) is 46.0 Å². The second-order valence-corrected chi connectivity index (χ2v) is 5.24. The monoisotopic (exact) mass is 244 g/mol. The van der Waals surface area contributed by atoms with Gasteiger partial charge in [-0.3, -0.25) is 0 Å². The molecule has 0 aromatic heterocycles. The molecule has 0 amide bonds. The van der Waals surface area contributed by atoms with Crippen LogP contribution in [0, 0.1) is 5.92 Å². The fourth-order valence-electron chi connectivity index (χ4n) is 2.04. The van der Waals surface area contributed by atoms with Crippen molar-refractivity contribution in [1.82, 2.24) is 4.90 Å². The number of hydrogen-bond acceptors (Lipinski definition) is 3. The third-order valence-electron chi connectivity index (χ3n) is 2.91. The third kappa shape index (κ3) is 12.1. The Morgan fingerprint density at radius 2 is 1.65 bits per heavy atom. The Balaban J connectivity index is 3.53. The molecule has 0 aromatic rings. The van der Waals surface area contributed by atoms with Crippen LogP contribution in [0.15, 0.2) is 0 Å². The summed E-state index contributed by atoms with van der Waals surface area (Å²) >= 11 is 0. The maximum absolute atomic E-state index is 5.48. The summed E-state index contributed by atoms with van der Waals surface area (Å²) in [5, 5.41) is 0. The van der Waals surface area contributed by atoms with Crippen LogP contribution in [0.5, 0.6) is 0 Å². The van der Waals surface area contributed by atoms with Crippen LogP contribution >= 0.6 is 0 Å². The molecule has 0 saturated heterocycles. The normalized spacial score (nSPS) is 11.6. The van der Waals surface area contributed by atoms with Crippen molar-refractivity contribution in [1.29, 1.82) is 0 Å².